The van der Waals surface area contributed by atoms with Crippen molar-refractivity contribution in [2.45, 2.75) is 18.9 Å². The predicted molar refractivity (Wildman–Crippen MR) is 107 cm³/mol. The maximum absolute atomic E-state index is 12.2. The van der Waals surface area contributed by atoms with Gasteiger partial charge in [-0.1, -0.05) is 23.1 Å². The van der Waals surface area contributed by atoms with Gasteiger partial charge in [0.2, 0.25) is 5.91 Å². The Bertz CT molecular complexity index is 961. The van der Waals surface area contributed by atoms with E-state index in [1.165, 1.54) is 11.8 Å². The highest BCUT2D eigenvalue weighted by Gasteiger charge is 2.17. The van der Waals surface area contributed by atoms with E-state index in [1.807, 2.05) is 24.3 Å². The molecule has 1 N–H and O–H groups in total. The van der Waals surface area contributed by atoms with Crippen LogP contribution in [0.2, 0.25) is 0 Å². The number of anilines is 1. The number of hydrogen-bond donors (Lipinski definition) is 1. The summed E-state index contributed by atoms with van der Waals surface area (Å²) < 4.78 is 4.97. The van der Waals surface area contributed by atoms with E-state index in [1.54, 1.807) is 26.2 Å². The quantitative estimate of drug-likeness (QED) is 0.463. The monoisotopic (exact) mass is 415 g/mol. The molecule has 0 aliphatic heterocycles. The maximum atomic E-state index is 12.2. The van der Waals surface area contributed by atoms with Crippen LogP contribution in [0.15, 0.2) is 41.7 Å². The fourth-order valence-electron chi connectivity index (χ4n) is 2.20. The molecule has 0 saturated carbocycles. The Balaban J connectivity index is 1.55. The summed E-state index contributed by atoms with van der Waals surface area (Å²) in [7, 11) is 0. The van der Waals surface area contributed by atoms with E-state index < -0.39 is 5.97 Å². The number of ether oxygens (including phenoxy) is 1. The number of aromatic nitrogens is 4. The lowest BCUT2D eigenvalue weighted by Gasteiger charge is -2.03. The van der Waals surface area contributed by atoms with E-state index in [9.17, 15) is 9.59 Å². The number of aryl methyl sites for hydroxylation is 1. The number of esters is 1. The van der Waals surface area contributed by atoms with Crippen LogP contribution < -0.4 is 5.32 Å². The molecule has 3 rings (SSSR count). The number of thiazole rings is 1. The summed E-state index contributed by atoms with van der Waals surface area (Å²) in [4.78, 5) is 32.5. The smallest absolute Gasteiger partial charge is 0.350 e. The maximum Gasteiger partial charge on any atom is 0.350 e. The van der Waals surface area contributed by atoms with Crippen molar-refractivity contribution in [3.8, 4) is 11.3 Å². The van der Waals surface area contributed by atoms with Crippen molar-refractivity contribution in [1.29, 1.82) is 0 Å². The highest BCUT2D eigenvalue weighted by molar-refractivity contribution is 7.99. The molecule has 0 radical (unpaired) electrons. The molecule has 0 saturated heterocycles. The lowest BCUT2D eigenvalue weighted by Crippen LogP contribution is -2.14. The number of pyridine rings is 1. The molecule has 0 aliphatic carbocycles. The first kappa shape index (κ1) is 19.9. The molecule has 0 bridgehead atoms. The molecule has 28 heavy (non-hydrogen) atoms. The second-order valence-corrected chi connectivity index (χ2v) is 7.48. The van der Waals surface area contributed by atoms with Crippen molar-refractivity contribution in [2.24, 2.45) is 0 Å². The van der Waals surface area contributed by atoms with Crippen molar-refractivity contribution < 1.29 is 14.3 Å². The number of hydrogen-bond acceptors (Lipinski definition) is 9. The van der Waals surface area contributed by atoms with E-state index in [4.69, 9.17) is 4.74 Å². The van der Waals surface area contributed by atoms with Crippen molar-refractivity contribution in [3.63, 3.8) is 0 Å². The van der Waals surface area contributed by atoms with Crippen LogP contribution in [0.25, 0.3) is 11.3 Å². The topological polar surface area (TPSA) is 107 Å². The molecular formula is C18H17N5O3S2. The Labute approximate surface area is 169 Å². The van der Waals surface area contributed by atoms with Crippen molar-refractivity contribution in [2.75, 3.05) is 17.7 Å². The van der Waals surface area contributed by atoms with Gasteiger partial charge in [0.15, 0.2) is 5.13 Å². The Kier molecular flexibility index (Phi) is 6.66. The molecule has 3 aromatic rings. The third-order valence-corrected chi connectivity index (χ3v) is 5.44. The minimum Gasteiger partial charge on any atom is -0.462 e. The lowest BCUT2D eigenvalue weighted by molar-refractivity contribution is -0.113. The van der Waals surface area contributed by atoms with Crippen LogP contribution in [0.3, 0.4) is 0 Å². The van der Waals surface area contributed by atoms with Gasteiger partial charge >= 0.3 is 5.97 Å². The van der Waals surface area contributed by atoms with Crippen LogP contribution in [0.5, 0.6) is 0 Å². The average Bonchev–Trinajstić information content (AvgIpc) is 3.08. The molecule has 3 aromatic heterocycles. The van der Waals surface area contributed by atoms with E-state index in [-0.39, 0.29) is 18.3 Å². The molecule has 0 unspecified atom stereocenters. The Hall–Kier alpha value is -2.85. The number of carbonyl (C=O) groups excluding carboxylic acids is 2. The van der Waals surface area contributed by atoms with Crippen LogP contribution in [-0.4, -0.2) is 44.4 Å². The molecule has 1 amide bonds. The van der Waals surface area contributed by atoms with Crippen molar-refractivity contribution in [3.05, 3.63) is 47.2 Å². The molecule has 10 heteroatoms. The molecule has 0 aromatic carbocycles. The first-order valence-corrected chi connectivity index (χ1v) is 10.2. The minimum absolute atomic E-state index is 0.149. The Morgan fingerprint density at radius 1 is 1.18 bits per heavy atom. The third kappa shape index (κ3) is 5.11. The Morgan fingerprint density at radius 2 is 1.96 bits per heavy atom. The first-order chi connectivity index (χ1) is 13.6. The van der Waals surface area contributed by atoms with Gasteiger partial charge in [0, 0.05) is 18.0 Å². The SMILES string of the molecule is CCOC(=O)c1sc(NC(=O)CSc2ccc(-c3ccncc3)nn2)nc1C. The number of nitrogens with zero attached hydrogens (tertiary/aromatic N) is 4. The van der Waals surface area contributed by atoms with Gasteiger partial charge in [0.25, 0.3) is 0 Å². The average molecular weight is 416 g/mol. The number of amides is 1. The number of rotatable bonds is 7. The van der Waals surface area contributed by atoms with Gasteiger partial charge in [-0.3, -0.25) is 9.78 Å². The minimum atomic E-state index is -0.433. The highest BCUT2D eigenvalue weighted by atomic mass is 32.2. The second-order valence-electron chi connectivity index (χ2n) is 5.48. The normalized spacial score (nSPS) is 10.5. The van der Waals surface area contributed by atoms with Crippen LogP contribution in [0.4, 0.5) is 5.13 Å². The van der Waals surface area contributed by atoms with Gasteiger partial charge in [0.05, 0.1) is 23.7 Å². The summed E-state index contributed by atoms with van der Waals surface area (Å²) in [6, 6.07) is 7.36. The highest BCUT2D eigenvalue weighted by Crippen LogP contribution is 2.24. The van der Waals surface area contributed by atoms with Gasteiger partial charge in [-0.2, -0.15) is 0 Å². The largest absolute Gasteiger partial charge is 0.462 e. The number of thioether (sulfide) groups is 1. The van der Waals surface area contributed by atoms with Crippen LogP contribution in [0, 0.1) is 6.92 Å². The van der Waals surface area contributed by atoms with Gasteiger partial charge < -0.3 is 10.1 Å². The molecule has 0 spiro atoms. The molecule has 3 heterocycles. The molecule has 144 valence electrons. The summed E-state index contributed by atoms with van der Waals surface area (Å²) in [5.74, 6) is -0.525. The summed E-state index contributed by atoms with van der Waals surface area (Å²) in [6.45, 7) is 3.73. The van der Waals surface area contributed by atoms with E-state index in [0.29, 0.717) is 20.7 Å². The zero-order valence-corrected chi connectivity index (χ0v) is 16.8. The number of nitrogens with one attached hydrogen (secondary N) is 1. The van der Waals surface area contributed by atoms with Gasteiger partial charge in [-0.25, -0.2) is 9.78 Å². The van der Waals surface area contributed by atoms with Crippen LogP contribution >= 0.6 is 23.1 Å². The molecule has 0 atom stereocenters. The van der Waals surface area contributed by atoms with E-state index in [0.717, 1.165) is 22.6 Å². The summed E-state index contributed by atoms with van der Waals surface area (Å²) in [5, 5.41) is 12.0. The first-order valence-electron chi connectivity index (χ1n) is 8.38. The Morgan fingerprint density at radius 3 is 2.64 bits per heavy atom. The van der Waals surface area contributed by atoms with Crippen molar-refractivity contribution in [1.82, 2.24) is 20.2 Å². The fraction of sp³-hybridized carbons (Fsp3) is 0.222. The van der Waals surface area contributed by atoms with E-state index >= 15 is 0 Å². The standard InChI is InChI=1S/C18H17N5O3S2/c1-3-26-17(25)16-11(2)20-18(28-16)21-14(24)10-27-15-5-4-13(22-23-15)12-6-8-19-9-7-12/h4-9H,3,10H2,1-2H3,(H,20,21,24). The predicted octanol–water partition coefficient (Wildman–Crippen LogP) is 3.21. The zero-order chi connectivity index (χ0) is 19.9. The molecule has 0 fully saturated rings. The third-order valence-electron chi connectivity index (χ3n) is 3.47. The van der Waals surface area contributed by atoms with Crippen LogP contribution in [-0.2, 0) is 9.53 Å². The summed E-state index contributed by atoms with van der Waals surface area (Å²) >= 11 is 2.36. The van der Waals surface area contributed by atoms with Crippen molar-refractivity contribution >= 4 is 40.1 Å². The fourth-order valence-corrected chi connectivity index (χ4v) is 3.69. The van der Waals surface area contributed by atoms with Gasteiger partial charge in [-0.05, 0) is 38.1 Å². The van der Waals surface area contributed by atoms with E-state index in [2.05, 4.69) is 25.5 Å². The zero-order valence-electron chi connectivity index (χ0n) is 15.2. The molecule has 8 nitrogen and oxygen atoms in total. The molecule has 0 aliphatic rings. The summed E-state index contributed by atoms with van der Waals surface area (Å²) in [6.07, 6.45) is 3.38. The summed E-state index contributed by atoms with van der Waals surface area (Å²) in [5.41, 5.74) is 2.19. The second kappa shape index (κ2) is 9.38. The molecular weight excluding hydrogens is 398 g/mol. The number of carbonyl (C=O) groups is 2. The van der Waals surface area contributed by atoms with Gasteiger partial charge in [-0.15, -0.1) is 10.2 Å². The van der Waals surface area contributed by atoms with Gasteiger partial charge in [0.1, 0.15) is 9.90 Å². The van der Waals surface area contributed by atoms with Crippen LogP contribution in [0.1, 0.15) is 22.3 Å². The lowest BCUT2D eigenvalue weighted by atomic mass is 10.2.